The van der Waals surface area contributed by atoms with E-state index in [2.05, 4.69) is 0 Å². The monoisotopic (exact) mass is 275 g/mol. The number of ketones is 1. The molecule has 3 nitrogen and oxygen atoms in total. The van der Waals surface area contributed by atoms with E-state index in [1.165, 1.54) is 12.1 Å². The fraction of sp³-hybridized carbons (Fsp3) is 0.333. The number of alkyl halides is 3. The third-order valence-corrected chi connectivity index (χ3v) is 2.58. The second-order valence-electron chi connectivity index (χ2n) is 3.55. The Labute approximate surface area is 108 Å². The van der Waals surface area contributed by atoms with Crippen molar-refractivity contribution in [3.8, 4) is 0 Å². The summed E-state index contributed by atoms with van der Waals surface area (Å²) >= 11 is 5.32. The molecule has 1 aromatic carbocycles. The van der Waals surface area contributed by atoms with Gasteiger partial charge in [0.2, 0.25) is 0 Å². The first kappa shape index (κ1) is 14.6. The van der Waals surface area contributed by atoms with Gasteiger partial charge < -0.3 is 4.90 Å². The van der Waals surface area contributed by atoms with Crippen LogP contribution >= 0.6 is 11.6 Å². The van der Waals surface area contributed by atoms with E-state index in [0.717, 1.165) is 4.90 Å². The number of carbonyl (C=O) groups excluding carboxylic acids is 2. The van der Waals surface area contributed by atoms with E-state index in [4.69, 9.17) is 11.6 Å². The summed E-state index contributed by atoms with van der Waals surface area (Å²) in [5.41, 5.74) is 0.338. The van der Waals surface area contributed by atoms with E-state index in [-0.39, 0.29) is 24.6 Å². The van der Waals surface area contributed by atoms with Crippen molar-refractivity contribution in [3.63, 3.8) is 0 Å². The molecule has 98 valence electrons. The highest BCUT2D eigenvalue weighted by Gasteiger charge is 2.24. The quantitative estimate of drug-likeness (QED) is 0.748. The fourth-order valence-corrected chi connectivity index (χ4v) is 1.53. The summed E-state index contributed by atoms with van der Waals surface area (Å²) in [6, 6.07) is 8.03. The normalized spacial score (nSPS) is 10.4. The van der Waals surface area contributed by atoms with Crippen LogP contribution in [0.1, 0.15) is 6.42 Å². The van der Waals surface area contributed by atoms with E-state index in [9.17, 15) is 18.4 Å². The molecule has 18 heavy (non-hydrogen) atoms. The SMILES string of the molecule is O=C(CCl)CCN(C(=O)C(F)F)c1ccccc1. The Morgan fingerprint density at radius 3 is 2.33 bits per heavy atom. The minimum atomic E-state index is -3.10. The number of hydrogen-bond acceptors (Lipinski definition) is 2. The minimum absolute atomic E-state index is 0.0448. The predicted molar refractivity (Wildman–Crippen MR) is 65.1 cm³/mol. The molecule has 0 aliphatic rings. The van der Waals surface area contributed by atoms with Crippen LogP contribution in [0.5, 0.6) is 0 Å². The smallest absolute Gasteiger partial charge is 0.307 e. The van der Waals surface area contributed by atoms with Crippen LogP contribution in [0, 0.1) is 0 Å². The third-order valence-electron chi connectivity index (χ3n) is 2.28. The molecule has 0 aliphatic carbocycles. The molecule has 0 saturated carbocycles. The number of carbonyl (C=O) groups is 2. The number of rotatable bonds is 6. The van der Waals surface area contributed by atoms with Gasteiger partial charge in [0.15, 0.2) is 0 Å². The summed E-state index contributed by atoms with van der Waals surface area (Å²) in [4.78, 5) is 23.4. The van der Waals surface area contributed by atoms with Gasteiger partial charge in [0.05, 0.1) is 5.88 Å². The molecule has 0 fully saturated rings. The molecule has 0 radical (unpaired) electrons. The van der Waals surface area contributed by atoms with Gasteiger partial charge in [-0.2, -0.15) is 8.78 Å². The summed E-state index contributed by atoms with van der Waals surface area (Å²) in [6.45, 7) is -0.0985. The van der Waals surface area contributed by atoms with Crippen LogP contribution in [0.15, 0.2) is 30.3 Å². The van der Waals surface area contributed by atoms with Crippen molar-refractivity contribution >= 4 is 29.0 Å². The molecule has 0 spiro atoms. The first-order valence-corrected chi connectivity index (χ1v) is 5.82. The first-order chi connectivity index (χ1) is 8.56. The number of benzene rings is 1. The van der Waals surface area contributed by atoms with Crippen molar-refractivity contribution in [1.82, 2.24) is 0 Å². The topological polar surface area (TPSA) is 37.4 Å². The number of nitrogens with zero attached hydrogens (tertiary/aromatic N) is 1. The molecule has 1 aromatic rings. The van der Waals surface area contributed by atoms with E-state index < -0.39 is 12.3 Å². The number of amides is 1. The Morgan fingerprint density at radius 2 is 1.83 bits per heavy atom. The Morgan fingerprint density at radius 1 is 1.22 bits per heavy atom. The van der Waals surface area contributed by atoms with Crippen LogP contribution in [0.2, 0.25) is 0 Å². The van der Waals surface area contributed by atoms with Crippen LogP contribution in [0.25, 0.3) is 0 Å². The van der Waals surface area contributed by atoms with Gasteiger partial charge in [0.1, 0.15) is 5.78 Å². The molecule has 1 rings (SSSR count). The van der Waals surface area contributed by atoms with Crippen LogP contribution < -0.4 is 4.90 Å². The molecule has 0 N–H and O–H groups in total. The molecular weight excluding hydrogens is 264 g/mol. The number of Topliss-reactive ketones (excluding diaryl/α,β-unsaturated/α-hetero) is 1. The average molecular weight is 276 g/mol. The molecule has 0 aromatic heterocycles. The summed E-state index contributed by atoms with van der Waals surface area (Å²) in [5, 5.41) is 0. The van der Waals surface area contributed by atoms with E-state index in [0.29, 0.717) is 5.69 Å². The average Bonchev–Trinajstić information content (AvgIpc) is 2.39. The van der Waals surface area contributed by atoms with Gasteiger partial charge in [-0.15, -0.1) is 11.6 Å². The maximum absolute atomic E-state index is 12.5. The van der Waals surface area contributed by atoms with Crippen molar-refractivity contribution in [3.05, 3.63) is 30.3 Å². The summed E-state index contributed by atoms with van der Waals surface area (Å²) in [5.74, 6) is -1.80. The first-order valence-electron chi connectivity index (χ1n) is 5.28. The maximum atomic E-state index is 12.5. The van der Waals surface area contributed by atoms with Crippen molar-refractivity contribution < 1.29 is 18.4 Å². The van der Waals surface area contributed by atoms with Gasteiger partial charge >= 0.3 is 6.43 Å². The zero-order valence-electron chi connectivity index (χ0n) is 9.48. The summed E-state index contributed by atoms with van der Waals surface area (Å²) in [7, 11) is 0. The third kappa shape index (κ3) is 4.07. The highest BCUT2D eigenvalue weighted by molar-refractivity contribution is 6.27. The van der Waals surface area contributed by atoms with Crippen molar-refractivity contribution in [2.24, 2.45) is 0 Å². The standard InChI is InChI=1S/C12H12ClF2NO2/c13-8-10(17)6-7-16(12(18)11(14)15)9-4-2-1-3-5-9/h1-5,11H,6-8H2. The van der Waals surface area contributed by atoms with Crippen LogP contribution in [0.4, 0.5) is 14.5 Å². The van der Waals surface area contributed by atoms with Crippen molar-refractivity contribution in [2.75, 3.05) is 17.3 Å². The number of halogens is 3. The van der Waals surface area contributed by atoms with Crippen molar-refractivity contribution in [2.45, 2.75) is 12.8 Å². The van der Waals surface area contributed by atoms with Gasteiger partial charge in [-0.25, -0.2) is 0 Å². The highest BCUT2D eigenvalue weighted by Crippen LogP contribution is 2.16. The molecule has 0 bridgehead atoms. The molecule has 1 amide bonds. The molecule has 0 unspecified atom stereocenters. The summed E-state index contributed by atoms with van der Waals surface area (Å²) < 4.78 is 24.9. The Kier molecular flexibility index (Phi) is 5.71. The van der Waals surface area contributed by atoms with E-state index >= 15 is 0 Å². The lowest BCUT2D eigenvalue weighted by Gasteiger charge is -2.21. The van der Waals surface area contributed by atoms with Gasteiger partial charge in [-0.05, 0) is 12.1 Å². The number of hydrogen-bond donors (Lipinski definition) is 0. The van der Waals surface area contributed by atoms with Gasteiger partial charge in [0.25, 0.3) is 5.91 Å². The lowest BCUT2D eigenvalue weighted by Crippen LogP contribution is -2.37. The van der Waals surface area contributed by atoms with E-state index in [1.807, 2.05) is 0 Å². The Balaban J connectivity index is 2.83. The lowest BCUT2D eigenvalue weighted by atomic mass is 10.2. The molecular formula is C12H12ClF2NO2. The van der Waals surface area contributed by atoms with Gasteiger partial charge in [-0.1, -0.05) is 18.2 Å². The summed E-state index contributed by atoms with van der Waals surface area (Å²) in [6.07, 6.45) is -3.15. The molecule has 0 saturated heterocycles. The van der Waals surface area contributed by atoms with Gasteiger partial charge in [-0.3, -0.25) is 9.59 Å². The second kappa shape index (κ2) is 7.06. The number of para-hydroxylation sites is 1. The van der Waals surface area contributed by atoms with Gasteiger partial charge in [0, 0.05) is 18.7 Å². The molecule has 6 heteroatoms. The number of anilines is 1. The zero-order valence-corrected chi connectivity index (χ0v) is 10.2. The molecule has 0 heterocycles. The van der Waals surface area contributed by atoms with Crippen molar-refractivity contribution in [1.29, 1.82) is 0 Å². The molecule has 0 atom stereocenters. The Hall–Kier alpha value is -1.49. The largest absolute Gasteiger partial charge is 0.316 e. The fourth-order valence-electron chi connectivity index (χ4n) is 1.40. The Bertz CT molecular complexity index is 412. The minimum Gasteiger partial charge on any atom is -0.307 e. The van der Waals surface area contributed by atoms with Crippen LogP contribution in [-0.2, 0) is 9.59 Å². The lowest BCUT2D eigenvalue weighted by molar-refractivity contribution is -0.129. The molecule has 0 aliphatic heterocycles. The highest BCUT2D eigenvalue weighted by atomic mass is 35.5. The predicted octanol–water partition coefficient (Wildman–Crippen LogP) is 2.48. The van der Waals surface area contributed by atoms with E-state index in [1.54, 1.807) is 18.2 Å². The van der Waals surface area contributed by atoms with Crippen LogP contribution in [-0.4, -0.2) is 30.5 Å². The maximum Gasteiger partial charge on any atom is 0.316 e. The second-order valence-corrected chi connectivity index (χ2v) is 3.82. The zero-order chi connectivity index (χ0) is 13.5. The van der Waals surface area contributed by atoms with Crippen LogP contribution in [0.3, 0.4) is 0 Å².